The first-order valence-corrected chi connectivity index (χ1v) is 5.78. The molecule has 7 heteroatoms. The number of carbonyl (C=O) groups excluding carboxylic acids is 2. The minimum atomic E-state index is -0.625. The molecule has 1 aliphatic rings. The van der Waals surface area contributed by atoms with Crippen molar-refractivity contribution < 1.29 is 19.1 Å². The second-order valence-corrected chi connectivity index (χ2v) is 3.99. The average molecular weight is 265 g/mol. The first kappa shape index (κ1) is 13.2. The first-order valence-electron chi connectivity index (χ1n) is 5.78. The van der Waals surface area contributed by atoms with E-state index in [0.717, 1.165) is 11.3 Å². The monoisotopic (exact) mass is 265 g/mol. The van der Waals surface area contributed by atoms with Gasteiger partial charge in [-0.2, -0.15) is 0 Å². The van der Waals surface area contributed by atoms with Gasteiger partial charge in [0.2, 0.25) is 0 Å². The summed E-state index contributed by atoms with van der Waals surface area (Å²) >= 11 is 0. The third-order valence-electron chi connectivity index (χ3n) is 2.66. The highest BCUT2D eigenvalue weighted by Gasteiger charge is 2.25. The Labute approximate surface area is 110 Å². The number of hydrogen-bond donors (Lipinski definition) is 3. The van der Waals surface area contributed by atoms with Crippen LogP contribution in [-0.2, 0) is 16.1 Å². The zero-order chi connectivity index (χ0) is 13.7. The van der Waals surface area contributed by atoms with Crippen LogP contribution in [0.4, 0.5) is 4.79 Å². The molecular weight excluding hydrogens is 250 g/mol. The lowest BCUT2D eigenvalue weighted by Crippen LogP contribution is -2.41. The van der Waals surface area contributed by atoms with Crippen LogP contribution in [0.2, 0.25) is 0 Å². The van der Waals surface area contributed by atoms with Gasteiger partial charge in [0.15, 0.2) is 0 Å². The summed E-state index contributed by atoms with van der Waals surface area (Å²) in [7, 11) is 1.58. The predicted molar refractivity (Wildman–Crippen MR) is 66.2 cm³/mol. The number of nitrogens with one attached hydrogen (secondary N) is 3. The SMILES string of the molecule is COc1ccc(COC(=O)NC2CNNC2=O)cc1. The number of amides is 2. The lowest BCUT2D eigenvalue weighted by molar-refractivity contribution is -0.121. The van der Waals surface area contributed by atoms with Gasteiger partial charge in [-0.25, -0.2) is 10.2 Å². The molecule has 7 nitrogen and oxygen atoms in total. The molecule has 1 aliphatic heterocycles. The van der Waals surface area contributed by atoms with Gasteiger partial charge in [-0.15, -0.1) is 0 Å². The quantitative estimate of drug-likeness (QED) is 0.709. The molecule has 1 atom stereocenters. The molecule has 0 saturated carbocycles. The van der Waals surface area contributed by atoms with Crippen molar-refractivity contribution in [3.05, 3.63) is 29.8 Å². The van der Waals surface area contributed by atoms with Crippen molar-refractivity contribution in [2.75, 3.05) is 13.7 Å². The molecule has 1 fully saturated rings. The summed E-state index contributed by atoms with van der Waals surface area (Å²) < 4.78 is 10.0. The maximum absolute atomic E-state index is 11.5. The van der Waals surface area contributed by atoms with E-state index in [-0.39, 0.29) is 12.5 Å². The molecule has 1 aromatic carbocycles. The third-order valence-corrected chi connectivity index (χ3v) is 2.66. The van der Waals surface area contributed by atoms with E-state index in [2.05, 4.69) is 16.2 Å². The van der Waals surface area contributed by atoms with E-state index in [1.807, 2.05) is 0 Å². The Morgan fingerprint density at radius 2 is 2.16 bits per heavy atom. The van der Waals surface area contributed by atoms with E-state index < -0.39 is 12.1 Å². The van der Waals surface area contributed by atoms with E-state index in [9.17, 15) is 9.59 Å². The van der Waals surface area contributed by atoms with Gasteiger partial charge in [-0.1, -0.05) is 12.1 Å². The summed E-state index contributed by atoms with van der Waals surface area (Å²) in [6.07, 6.45) is -0.625. The highest BCUT2D eigenvalue weighted by Crippen LogP contribution is 2.11. The molecule has 1 aromatic rings. The van der Waals surface area contributed by atoms with Gasteiger partial charge in [0, 0.05) is 6.54 Å². The smallest absolute Gasteiger partial charge is 0.408 e. The number of carbonyl (C=O) groups is 2. The van der Waals surface area contributed by atoms with Gasteiger partial charge in [0.1, 0.15) is 18.4 Å². The van der Waals surface area contributed by atoms with Crippen LogP contribution in [0.5, 0.6) is 5.75 Å². The van der Waals surface area contributed by atoms with Crippen LogP contribution in [0.25, 0.3) is 0 Å². The van der Waals surface area contributed by atoms with Crippen molar-refractivity contribution in [3.63, 3.8) is 0 Å². The molecule has 0 radical (unpaired) electrons. The molecule has 2 amide bonds. The summed E-state index contributed by atoms with van der Waals surface area (Å²) in [5, 5.41) is 2.46. The highest BCUT2D eigenvalue weighted by molar-refractivity contribution is 5.87. The van der Waals surface area contributed by atoms with Crippen LogP contribution < -0.4 is 20.9 Å². The molecule has 1 unspecified atom stereocenters. The van der Waals surface area contributed by atoms with Gasteiger partial charge in [-0.05, 0) is 17.7 Å². The van der Waals surface area contributed by atoms with Crippen LogP contribution >= 0.6 is 0 Å². The second-order valence-electron chi connectivity index (χ2n) is 3.99. The Balaban J connectivity index is 1.77. The van der Waals surface area contributed by atoms with Crippen molar-refractivity contribution in [3.8, 4) is 5.75 Å². The molecule has 3 N–H and O–H groups in total. The van der Waals surface area contributed by atoms with E-state index in [1.165, 1.54) is 0 Å². The van der Waals surface area contributed by atoms with Crippen LogP contribution in [0, 0.1) is 0 Å². The van der Waals surface area contributed by atoms with Crippen molar-refractivity contribution in [2.45, 2.75) is 12.6 Å². The van der Waals surface area contributed by atoms with Crippen LogP contribution in [0.1, 0.15) is 5.56 Å². The molecule has 1 saturated heterocycles. The van der Waals surface area contributed by atoms with Crippen LogP contribution in [0.3, 0.4) is 0 Å². The molecule has 0 aliphatic carbocycles. The molecule has 0 bridgehead atoms. The predicted octanol–water partition coefficient (Wildman–Crippen LogP) is -0.0756. The standard InChI is InChI=1S/C12H15N3O4/c1-18-9-4-2-8(3-5-9)7-19-12(17)14-10-6-13-15-11(10)16/h2-5,10,13H,6-7H2,1H3,(H,14,17)(H,15,16). The minimum absolute atomic E-state index is 0.137. The fourth-order valence-corrected chi connectivity index (χ4v) is 1.59. The molecule has 0 spiro atoms. The van der Waals surface area contributed by atoms with Crippen molar-refractivity contribution in [1.82, 2.24) is 16.2 Å². The number of alkyl carbamates (subject to hydrolysis) is 1. The number of hydrogen-bond acceptors (Lipinski definition) is 5. The van der Waals surface area contributed by atoms with Gasteiger partial charge < -0.3 is 14.8 Å². The maximum atomic E-state index is 11.5. The molecule has 102 valence electrons. The topological polar surface area (TPSA) is 88.7 Å². The normalized spacial score (nSPS) is 17.7. The van der Waals surface area contributed by atoms with Crippen molar-refractivity contribution in [1.29, 1.82) is 0 Å². The number of benzene rings is 1. The number of methoxy groups -OCH3 is 1. The van der Waals surface area contributed by atoms with E-state index in [4.69, 9.17) is 9.47 Å². The number of ether oxygens (including phenoxy) is 2. The van der Waals surface area contributed by atoms with Gasteiger partial charge >= 0.3 is 6.09 Å². The van der Waals surface area contributed by atoms with Crippen molar-refractivity contribution in [2.24, 2.45) is 0 Å². The zero-order valence-corrected chi connectivity index (χ0v) is 10.4. The largest absolute Gasteiger partial charge is 0.497 e. The zero-order valence-electron chi connectivity index (χ0n) is 10.4. The van der Waals surface area contributed by atoms with Crippen LogP contribution in [-0.4, -0.2) is 31.7 Å². The summed E-state index contributed by atoms with van der Waals surface area (Å²) in [4.78, 5) is 22.7. The molecule has 1 heterocycles. The first-order chi connectivity index (χ1) is 9.19. The van der Waals surface area contributed by atoms with E-state index >= 15 is 0 Å². The Morgan fingerprint density at radius 1 is 1.42 bits per heavy atom. The van der Waals surface area contributed by atoms with Gasteiger partial charge in [0.25, 0.3) is 5.91 Å². The fraction of sp³-hybridized carbons (Fsp3) is 0.333. The summed E-state index contributed by atoms with van der Waals surface area (Å²) in [6, 6.07) is 6.57. The Bertz CT molecular complexity index is 461. The maximum Gasteiger partial charge on any atom is 0.408 e. The van der Waals surface area contributed by atoms with Gasteiger partial charge in [-0.3, -0.25) is 10.2 Å². The fourth-order valence-electron chi connectivity index (χ4n) is 1.59. The Morgan fingerprint density at radius 3 is 2.74 bits per heavy atom. The lowest BCUT2D eigenvalue weighted by atomic mass is 10.2. The second kappa shape index (κ2) is 6.05. The Hall–Kier alpha value is -2.28. The summed E-state index contributed by atoms with van der Waals surface area (Å²) in [5.41, 5.74) is 5.86. The van der Waals surface area contributed by atoms with Gasteiger partial charge in [0.05, 0.1) is 7.11 Å². The van der Waals surface area contributed by atoms with Crippen LogP contribution in [0.15, 0.2) is 24.3 Å². The highest BCUT2D eigenvalue weighted by atomic mass is 16.5. The van der Waals surface area contributed by atoms with E-state index in [0.29, 0.717) is 6.54 Å². The summed E-state index contributed by atoms with van der Waals surface area (Å²) in [6.45, 7) is 0.480. The summed E-state index contributed by atoms with van der Waals surface area (Å²) in [5.74, 6) is 0.461. The lowest BCUT2D eigenvalue weighted by Gasteiger charge is -2.10. The molecule has 0 aromatic heterocycles. The van der Waals surface area contributed by atoms with Crippen molar-refractivity contribution >= 4 is 12.0 Å². The number of hydrazine groups is 1. The third kappa shape index (κ3) is 3.59. The average Bonchev–Trinajstić information content (AvgIpc) is 2.82. The molecular formula is C12H15N3O4. The Kier molecular flexibility index (Phi) is 4.19. The number of rotatable bonds is 4. The molecule has 2 rings (SSSR count). The molecule has 19 heavy (non-hydrogen) atoms. The van der Waals surface area contributed by atoms with E-state index in [1.54, 1.807) is 31.4 Å². The minimum Gasteiger partial charge on any atom is -0.497 e.